The highest BCUT2D eigenvalue weighted by Gasteiger charge is 2.20. The molecule has 0 aromatic heterocycles. The van der Waals surface area contributed by atoms with Gasteiger partial charge in [-0.3, -0.25) is 0 Å². The SMILES string of the molecule is CN(C)S(=O)(=O)c1ccccc1NCCOC1CCCC1. The van der Waals surface area contributed by atoms with Gasteiger partial charge in [-0.25, -0.2) is 12.7 Å². The van der Waals surface area contributed by atoms with Crippen molar-refractivity contribution in [1.29, 1.82) is 0 Å². The van der Waals surface area contributed by atoms with E-state index in [1.165, 1.54) is 31.2 Å². The molecule has 118 valence electrons. The summed E-state index contributed by atoms with van der Waals surface area (Å²) in [4.78, 5) is 0.302. The molecule has 2 rings (SSSR count). The zero-order valence-corrected chi connectivity index (χ0v) is 13.5. The second kappa shape index (κ2) is 7.24. The van der Waals surface area contributed by atoms with E-state index in [2.05, 4.69) is 5.32 Å². The molecule has 1 aliphatic carbocycles. The molecule has 1 saturated carbocycles. The van der Waals surface area contributed by atoms with Gasteiger partial charge in [-0.15, -0.1) is 0 Å². The number of benzene rings is 1. The van der Waals surface area contributed by atoms with Crippen molar-refractivity contribution >= 4 is 15.7 Å². The highest BCUT2D eigenvalue weighted by molar-refractivity contribution is 7.89. The van der Waals surface area contributed by atoms with Crippen molar-refractivity contribution in [2.75, 3.05) is 32.6 Å². The first-order valence-electron chi connectivity index (χ1n) is 7.39. The van der Waals surface area contributed by atoms with Crippen molar-refractivity contribution in [3.05, 3.63) is 24.3 Å². The van der Waals surface area contributed by atoms with Crippen molar-refractivity contribution in [2.45, 2.75) is 36.7 Å². The molecule has 21 heavy (non-hydrogen) atoms. The third-order valence-corrected chi connectivity index (χ3v) is 5.59. The summed E-state index contributed by atoms with van der Waals surface area (Å²) in [5.74, 6) is 0. The average Bonchev–Trinajstić information content (AvgIpc) is 2.97. The second-order valence-corrected chi connectivity index (χ2v) is 7.61. The number of para-hydroxylation sites is 1. The lowest BCUT2D eigenvalue weighted by Gasteiger charge is -2.17. The van der Waals surface area contributed by atoms with E-state index in [0.717, 1.165) is 12.8 Å². The first kappa shape index (κ1) is 16.3. The van der Waals surface area contributed by atoms with Crippen LogP contribution < -0.4 is 5.32 Å². The topological polar surface area (TPSA) is 58.6 Å². The van der Waals surface area contributed by atoms with E-state index >= 15 is 0 Å². The summed E-state index contributed by atoms with van der Waals surface area (Å²) in [6.45, 7) is 1.21. The minimum atomic E-state index is -3.43. The van der Waals surface area contributed by atoms with Gasteiger partial charge in [-0.2, -0.15) is 0 Å². The first-order chi connectivity index (χ1) is 10.0. The quantitative estimate of drug-likeness (QED) is 0.785. The third kappa shape index (κ3) is 4.18. The standard InChI is InChI=1S/C15H24N2O3S/c1-17(2)21(18,19)15-10-6-5-9-14(15)16-11-12-20-13-7-3-4-8-13/h5-6,9-10,13,16H,3-4,7-8,11-12H2,1-2H3. The molecule has 6 heteroatoms. The van der Waals surface area contributed by atoms with Crippen LogP contribution in [0.4, 0.5) is 5.69 Å². The molecular weight excluding hydrogens is 288 g/mol. The van der Waals surface area contributed by atoms with E-state index in [9.17, 15) is 8.42 Å². The number of hydrogen-bond donors (Lipinski definition) is 1. The van der Waals surface area contributed by atoms with Gasteiger partial charge in [0.05, 0.1) is 18.4 Å². The first-order valence-corrected chi connectivity index (χ1v) is 8.83. The van der Waals surface area contributed by atoms with Crippen LogP contribution in [-0.4, -0.2) is 46.1 Å². The molecule has 1 aromatic carbocycles. The van der Waals surface area contributed by atoms with Crippen LogP contribution >= 0.6 is 0 Å². The van der Waals surface area contributed by atoms with Crippen molar-refractivity contribution in [2.24, 2.45) is 0 Å². The van der Waals surface area contributed by atoms with Crippen LogP contribution in [0.1, 0.15) is 25.7 Å². The maximum atomic E-state index is 12.2. The molecule has 1 fully saturated rings. The Balaban J connectivity index is 1.94. The van der Waals surface area contributed by atoms with Crippen LogP contribution in [0.15, 0.2) is 29.2 Å². The summed E-state index contributed by atoms with van der Waals surface area (Å²) in [5.41, 5.74) is 0.626. The smallest absolute Gasteiger partial charge is 0.244 e. The number of nitrogens with one attached hydrogen (secondary N) is 1. The van der Waals surface area contributed by atoms with Gasteiger partial charge in [-0.05, 0) is 25.0 Å². The Morgan fingerprint density at radius 1 is 1.24 bits per heavy atom. The molecule has 1 aliphatic rings. The van der Waals surface area contributed by atoms with Gasteiger partial charge in [0.25, 0.3) is 0 Å². The molecule has 0 spiro atoms. The molecule has 0 heterocycles. The number of nitrogens with zero attached hydrogens (tertiary/aromatic N) is 1. The summed E-state index contributed by atoms with van der Waals surface area (Å²) in [6, 6.07) is 6.97. The number of hydrogen-bond acceptors (Lipinski definition) is 4. The van der Waals surface area contributed by atoms with Crippen LogP contribution in [-0.2, 0) is 14.8 Å². The van der Waals surface area contributed by atoms with Crippen molar-refractivity contribution < 1.29 is 13.2 Å². The normalized spacial score (nSPS) is 16.5. The molecule has 0 saturated heterocycles. The lowest BCUT2D eigenvalue weighted by molar-refractivity contribution is 0.0659. The summed E-state index contributed by atoms with van der Waals surface area (Å²) in [6.07, 6.45) is 5.17. The molecule has 0 radical (unpaired) electrons. The summed E-state index contributed by atoms with van der Waals surface area (Å²) in [5, 5.41) is 3.17. The Hall–Kier alpha value is -1.11. The van der Waals surface area contributed by atoms with Crippen molar-refractivity contribution in [3.8, 4) is 0 Å². The van der Waals surface area contributed by atoms with Gasteiger partial charge in [0.1, 0.15) is 4.90 Å². The Labute approximate surface area is 127 Å². The van der Waals surface area contributed by atoms with Crippen LogP contribution in [0.2, 0.25) is 0 Å². The minimum Gasteiger partial charge on any atom is -0.382 e. The average molecular weight is 312 g/mol. The van der Waals surface area contributed by atoms with Gasteiger partial charge in [-0.1, -0.05) is 25.0 Å². The number of ether oxygens (including phenoxy) is 1. The second-order valence-electron chi connectivity index (χ2n) is 5.49. The predicted octanol–water partition coefficient (Wildman–Crippen LogP) is 2.31. The van der Waals surface area contributed by atoms with Crippen molar-refractivity contribution in [3.63, 3.8) is 0 Å². The molecule has 5 nitrogen and oxygen atoms in total. The Bertz CT molecular complexity index is 552. The Morgan fingerprint density at radius 3 is 2.57 bits per heavy atom. The number of anilines is 1. The fourth-order valence-electron chi connectivity index (χ4n) is 2.50. The van der Waals surface area contributed by atoms with E-state index in [0.29, 0.717) is 29.8 Å². The molecule has 0 atom stereocenters. The maximum absolute atomic E-state index is 12.2. The van der Waals surface area contributed by atoms with E-state index in [4.69, 9.17) is 4.74 Å². The molecule has 0 amide bonds. The minimum absolute atomic E-state index is 0.302. The van der Waals surface area contributed by atoms with Gasteiger partial charge in [0.15, 0.2) is 0 Å². The lowest BCUT2D eigenvalue weighted by Crippen LogP contribution is -2.24. The number of sulfonamides is 1. The highest BCUT2D eigenvalue weighted by atomic mass is 32.2. The fraction of sp³-hybridized carbons (Fsp3) is 0.600. The van der Waals surface area contributed by atoms with E-state index in [1.54, 1.807) is 18.2 Å². The molecular formula is C15H24N2O3S. The monoisotopic (exact) mass is 312 g/mol. The van der Waals surface area contributed by atoms with Gasteiger partial charge in [0.2, 0.25) is 10.0 Å². The lowest BCUT2D eigenvalue weighted by atomic mass is 10.3. The zero-order chi connectivity index (χ0) is 15.3. The van der Waals surface area contributed by atoms with Crippen LogP contribution in [0.5, 0.6) is 0 Å². The molecule has 1 N–H and O–H groups in total. The van der Waals surface area contributed by atoms with Crippen molar-refractivity contribution in [1.82, 2.24) is 4.31 Å². The van der Waals surface area contributed by atoms with Gasteiger partial charge >= 0.3 is 0 Å². The van der Waals surface area contributed by atoms with E-state index in [1.807, 2.05) is 6.07 Å². The maximum Gasteiger partial charge on any atom is 0.244 e. The van der Waals surface area contributed by atoms with Gasteiger partial charge < -0.3 is 10.1 Å². The third-order valence-electron chi connectivity index (χ3n) is 3.72. The highest BCUT2D eigenvalue weighted by Crippen LogP contribution is 2.23. The molecule has 0 unspecified atom stereocenters. The Kier molecular flexibility index (Phi) is 5.61. The summed E-state index contributed by atoms with van der Waals surface area (Å²) in [7, 11) is -0.356. The van der Waals surface area contributed by atoms with Crippen LogP contribution in [0.3, 0.4) is 0 Å². The fourth-order valence-corrected chi connectivity index (χ4v) is 3.56. The molecule has 0 bridgehead atoms. The van der Waals surface area contributed by atoms with Gasteiger partial charge in [0, 0.05) is 20.6 Å². The van der Waals surface area contributed by atoms with Crippen LogP contribution in [0, 0.1) is 0 Å². The summed E-state index contributed by atoms with van der Waals surface area (Å²) < 4.78 is 31.5. The van der Waals surface area contributed by atoms with Crippen LogP contribution in [0.25, 0.3) is 0 Å². The molecule has 1 aromatic rings. The predicted molar refractivity (Wildman–Crippen MR) is 84.0 cm³/mol. The Morgan fingerprint density at radius 2 is 1.90 bits per heavy atom. The van der Waals surface area contributed by atoms with E-state index < -0.39 is 10.0 Å². The number of rotatable bonds is 7. The molecule has 0 aliphatic heterocycles. The van der Waals surface area contributed by atoms with E-state index in [-0.39, 0.29) is 0 Å². The largest absolute Gasteiger partial charge is 0.382 e. The summed E-state index contributed by atoms with van der Waals surface area (Å²) >= 11 is 0. The zero-order valence-electron chi connectivity index (χ0n) is 12.7.